The first-order valence-electron chi connectivity index (χ1n) is 7.79. The largest absolute Gasteiger partial charge is 0.506 e. The number of amides is 1. The second-order valence-corrected chi connectivity index (χ2v) is 6.30. The van der Waals surface area contributed by atoms with Crippen LogP contribution in [-0.2, 0) is 4.79 Å². The Morgan fingerprint density at radius 2 is 1.92 bits per heavy atom. The van der Waals surface area contributed by atoms with Crippen LogP contribution >= 0.6 is 11.6 Å². The molecule has 4 rings (SSSR count). The Balaban J connectivity index is 1.81. The number of aromatic nitrogens is 1. The number of aromatic hydroxyl groups is 1. The molecule has 0 saturated carbocycles. The van der Waals surface area contributed by atoms with Gasteiger partial charge in [0.2, 0.25) is 5.91 Å². The molecule has 3 aromatic rings. The third kappa shape index (κ3) is 2.39. The number of hydrogen-bond acceptors (Lipinski definition) is 4. The number of alkyl halides is 1. The predicted octanol–water partition coefficient (Wildman–Crippen LogP) is 3.64. The van der Waals surface area contributed by atoms with Gasteiger partial charge in [0.1, 0.15) is 22.4 Å². The van der Waals surface area contributed by atoms with E-state index in [0.29, 0.717) is 16.6 Å². The van der Waals surface area contributed by atoms with Crippen molar-refractivity contribution in [2.45, 2.75) is 11.4 Å². The first-order chi connectivity index (χ1) is 12.1. The Kier molecular flexibility index (Phi) is 3.73. The number of carbonyl (C=O) groups excluding carboxylic acids is 1. The number of rotatable bonds is 3. The number of anilines is 1. The number of hydrogen-bond donors (Lipinski definition) is 1. The van der Waals surface area contributed by atoms with E-state index in [1.54, 1.807) is 36.4 Å². The number of phenols is 1. The van der Waals surface area contributed by atoms with Crippen LogP contribution < -0.4 is 9.64 Å². The standard InChI is InChI=1S/C19H15ClN2O3/c1-25-12-6-4-11(5-7-12)18-16(20)19(24)22(18)14-8-9-15(23)17-13(14)3-2-10-21-17/h2-10,16,18,23H,1H3. The fourth-order valence-corrected chi connectivity index (χ4v) is 3.56. The van der Waals surface area contributed by atoms with Crippen LogP contribution in [0.4, 0.5) is 5.69 Å². The van der Waals surface area contributed by atoms with Crippen LogP contribution in [0.1, 0.15) is 11.6 Å². The summed E-state index contributed by atoms with van der Waals surface area (Å²) in [5, 5.41) is 10.1. The minimum Gasteiger partial charge on any atom is -0.506 e. The number of methoxy groups -OCH3 is 1. The van der Waals surface area contributed by atoms with Crippen molar-refractivity contribution in [1.82, 2.24) is 4.98 Å². The summed E-state index contributed by atoms with van der Waals surface area (Å²) in [4.78, 5) is 18.3. The lowest BCUT2D eigenvalue weighted by Gasteiger charge is -2.45. The van der Waals surface area contributed by atoms with Crippen LogP contribution in [-0.4, -0.2) is 28.5 Å². The highest BCUT2D eigenvalue weighted by atomic mass is 35.5. The van der Waals surface area contributed by atoms with E-state index in [2.05, 4.69) is 4.98 Å². The Morgan fingerprint density at radius 1 is 1.16 bits per heavy atom. The van der Waals surface area contributed by atoms with E-state index in [0.717, 1.165) is 11.3 Å². The van der Waals surface area contributed by atoms with E-state index >= 15 is 0 Å². The highest BCUT2D eigenvalue weighted by Crippen LogP contribution is 2.45. The number of fused-ring (bicyclic) bond motifs is 1. The molecule has 2 atom stereocenters. The van der Waals surface area contributed by atoms with Crippen molar-refractivity contribution >= 4 is 34.1 Å². The van der Waals surface area contributed by atoms with Gasteiger partial charge in [0.05, 0.1) is 18.8 Å². The van der Waals surface area contributed by atoms with E-state index in [9.17, 15) is 9.90 Å². The molecule has 1 amide bonds. The molecule has 2 aromatic carbocycles. The Labute approximate surface area is 149 Å². The average molecular weight is 355 g/mol. The van der Waals surface area contributed by atoms with Gasteiger partial charge in [-0.15, -0.1) is 11.6 Å². The fourth-order valence-electron chi connectivity index (χ4n) is 3.19. The highest BCUT2D eigenvalue weighted by molar-refractivity contribution is 6.37. The van der Waals surface area contributed by atoms with Crippen molar-refractivity contribution in [2.75, 3.05) is 12.0 Å². The maximum atomic E-state index is 12.5. The minimum absolute atomic E-state index is 0.0794. The molecule has 1 N–H and O–H groups in total. The average Bonchev–Trinajstić information content (AvgIpc) is 2.67. The maximum absolute atomic E-state index is 12.5. The summed E-state index contributed by atoms with van der Waals surface area (Å²) < 4.78 is 5.18. The van der Waals surface area contributed by atoms with Gasteiger partial charge in [-0.3, -0.25) is 9.78 Å². The van der Waals surface area contributed by atoms with Gasteiger partial charge in [0.15, 0.2) is 0 Å². The normalized spacial score (nSPS) is 19.8. The van der Waals surface area contributed by atoms with Crippen molar-refractivity contribution in [1.29, 1.82) is 0 Å². The lowest BCUT2D eigenvalue weighted by atomic mass is 9.91. The lowest BCUT2D eigenvalue weighted by molar-refractivity contribution is -0.123. The number of ether oxygens (including phenoxy) is 1. The number of phenolic OH excluding ortho intramolecular Hbond substituents is 1. The number of β-lactam (4-membered cyclic amide) rings is 1. The summed E-state index contributed by atoms with van der Waals surface area (Å²) in [6.45, 7) is 0. The summed E-state index contributed by atoms with van der Waals surface area (Å²) in [5.41, 5.74) is 2.06. The highest BCUT2D eigenvalue weighted by Gasteiger charge is 2.48. The zero-order chi connectivity index (χ0) is 17.6. The number of carbonyl (C=O) groups is 1. The molecule has 0 bridgehead atoms. The summed E-state index contributed by atoms with van der Waals surface area (Å²) in [5.74, 6) is 0.653. The van der Waals surface area contributed by atoms with Gasteiger partial charge in [-0.05, 0) is 42.0 Å². The molecule has 0 aliphatic carbocycles. The van der Waals surface area contributed by atoms with E-state index < -0.39 is 5.38 Å². The van der Waals surface area contributed by atoms with Crippen LogP contribution in [0.3, 0.4) is 0 Å². The van der Waals surface area contributed by atoms with Crippen LogP contribution in [0.25, 0.3) is 10.9 Å². The van der Waals surface area contributed by atoms with Crippen molar-refractivity contribution in [3.8, 4) is 11.5 Å². The maximum Gasteiger partial charge on any atom is 0.248 e. The third-order valence-electron chi connectivity index (χ3n) is 4.47. The number of halogens is 1. The first kappa shape index (κ1) is 15.7. The summed E-state index contributed by atoms with van der Waals surface area (Å²) in [6, 6.07) is 14.1. The molecule has 1 aliphatic heterocycles. The Bertz CT molecular complexity index is 959. The molecule has 0 spiro atoms. The fraction of sp³-hybridized carbons (Fsp3) is 0.158. The SMILES string of the molecule is COc1ccc(C2C(Cl)C(=O)N2c2ccc(O)c3ncccc23)cc1. The van der Waals surface area contributed by atoms with Crippen molar-refractivity contribution in [3.05, 3.63) is 60.3 Å². The second kappa shape index (κ2) is 5.93. The van der Waals surface area contributed by atoms with Gasteiger partial charge in [-0.1, -0.05) is 12.1 Å². The predicted molar refractivity (Wildman–Crippen MR) is 96.3 cm³/mol. The molecule has 1 aromatic heterocycles. The molecule has 2 heterocycles. The first-order valence-corrected chi connectivity index (χ1v) is 8.23. The molecule has 2 unspecified atom stereocenters. The molecule has 1 aliphatic rings. The third-order valence-corrected chi connectivity index (χ3v) is 4.90. The van der Waals surface area contributed by atoms with Crippen molar-refractivity contribution in [3.63, 3.8) is 0 Å². The molecule has 126 valence electrons. The van der Waals surface area contributed by atoms with E-state index in [4.69, 9.17) is 16.3 Å². The van der Waals surface area contributed by atoms with E-state index in [-0.39, 0.29) is 17.7 Å². The second-order valence-electron chi connectivity index (χ2n) is 5.83. The van der Waals surface area contributed by atoms with Gasteiger partial charge in [-0.2, -0.15) is 0 Å². The van der Waals surface area contributed by atoms with Crippen LogP contribution in [0.5, 0.6) is 11.5 Å². The molecular formula is C19H15ClN2O3. The molecule has 5 nitrogen and oxygen atoms in total. The quantitative estimate of drug-likeness (QED) is 0.576. The van der Waals surface area contributed by atoms with E-state index in [1.165, 1.54) is 0 Å². The topological polar surface area (TPSA) is 62.7 Å². The van der Waals surface area contributed by atoms with Crippen LogP contribution in [0, 0.1) is 0 Å². The molecule has 1 saturated heterocycles. The molecule has 1 fully saturated rings. The zero-order valence-corrected chi connectivity index (χ0v) is 14.1. The van der Waals surface area contributed by atoms with Crippen LogP contribution in [0.2, 0.25) is 0 Å². The number of pyridine rings is 1. The van der Waals surface area contributed by atoms with Crippen molar-refractivity contribution < 1.29 is 14.6 Å². The molecule has 25 heavy (non-hydrogen) atoms. The van der Waals surface area contributed by atoms with Gasteiger partial charge in [0, 0.05) is 11.6 Å². The molecular weight excluding hydrogens is 340 g/mol. The summed E-state index contributed by atoms with van der Waals surface area (Å²) in [6.07, 6.45) is 1.61. The lowest BCUT2D eigenvalue weighted by Crippen LogP contribution is -2.56. The van der Waals surface area contributed by atoms with Crippen molar-refractivity contribution in [2.24, 2.45) is 0 Å². The monoisotopic (exact) mass is 354 g/mol. The van der Waals surface area contributed by atoms with Crippen LogP contribution in [0.15, 0.2) is 54.7 Å². The van der Waals surface area contributed by atoms with Gasteiger partial charge in [0.25, 0.3) is 0 Å². The van der Waals surface area contributed by atoms with E-state index in [1.807, 2.05) is 30.3 Å². The summed E-state index contributed by atoms with van der Waals surface area (Å²) in [7, 11) is 1.61. The van der Waals surface area contributed by atoms with Gasteiger partial charge < -0.3 is 14.7 Å². The molecule has 6 heteroatoms. The van der Waals surface area contributed by atoms with Gasteiger partial charge >= 0.3 is 0 Å². The van der Waals surface area contributed by atoms with Gasteiger partial charge in [-0.25, -0.2) is 0 Å². The molecule has 0 radical (unpaired) electrons. The zero-order valence-electron chi connectivity index (χ0n) is 13.4. The minimum atomic E-state index is -0.631. The Morgan fingerprint density at radius 3 is 2.64 bits per heavy atom. The summed E-state index contributed by atoms with van der Waals surface area (Å²) >= 11 is 6.31. The number of nitrogens with zero attached hydrogens (tertiary/aromatic N) is 2. The smallest absolute Gasteiger partial charge is 0.248 e. The number of benzene rings is 2. The Hall–Kier alpha value is -2.79.